The summed E-state index contributed by atoms with van der Waals surface area (Å²) in [4.78, 5) is 27.5. The average Bonchev–Trinajstić information content (AvgIpc) is 3.32. The molecule has 0 radical (unpaired) electrons. The Morgan fingerprint density at radius 2 is 1.93 bits per heavy atom. The van der Waals surface area contributed by atoms with Gasteiger partial charge in [0.25, 0.3) is 5.56 Å². The molecule has 1 fully saturated rings. The summed E-state index contributed by atoms with van der Waals surface area (Å²) in [5.74, 6) is 0.161. The minimum atomic E-state index is -3.46. The number of sulfone groups is 1. The van der Waals surface area contributed by atoms with Gasteiger partial charge in [-0.1, -0.05) is 0 Å². The molecule has 1 saturated carbocycles. The van der Waals surface area contributed by atoms with Crippen LogP contribution in [0.5, 0.6) is 0 Å². The molecule has 1 aromatic heterocycles. The lowest BCUT2D eigenvalue weighted by Gasteiger charge is -2.25. The molecule has 8 heteroatoms. The number of nitrogens with one attached hydrogen (secondary N) is 1. The molecule has 1 N–H and O–H groups in total. The summed E-state index contributed by atoms with van der Waals surface area (Å²) in [5, 5.41) is 2.83. The van der Waals surface area contributed by atoms with Crippen molar-refractivity contribution in [1.82, 2.24) is 9.78 Å². The van der Waals surface area contributed by atoms with Gasteiger partial charge in [-0.05, 0) is 50.3 Å². The molecule has 27 heavy (non-hydrogen) atoms. The van der Waals surface area contributed by atoms with Gasteiger partial charge in [0.15, 0.2) is 9.84 Å². The predicted octanol–water partition coefficient (Wildman–Crippen LogP) is 1.81. The summed E-state index contributed by atoms with van der Waals surface area (Å²) in [6.07, 6.45) is 3.44. The highest BCUT2D eigenvalue weighted by atomic mass is 32.2. The summed E-state index contributed by atoms with van der Waals surface area (Å²) in [5.41, 5.74) is 1.65. The van der Waals surface area contributed by atoms with E-state index in [-0.39, 0.29) is 10.5 Å². The first-order valence-electron chi connectivity index (χ1n) is 8.87. The number of aromatic amines is 1. The van der Waals surface area contributed by atoms with E-state index in [2.05, 4.69) is 5.10 Å². The minimum absolute atomic E-state index is 0.0866. The Hall–Kier alpha value is -2.35. The third-order valence-corrected chi connectivity index (χ3v) is 6.23. The van der Waals surface area contributed by atoms with Gasteiger partial charge in [-0.3, -0.25) is 19.4 Å². The maximum absolute atomic E-state index is 13.1. The molecule has 2 aromatic rings. The normalized spacial score (nSPS) is 14.4. The number of nitrogens with zero attached hydrogens (tertiary/aromatic N) is 2. The van der Waals surface area contributed by atoms with Crippen molar-refractivity contribution in [3.8, 4) is 0 Å². The summed E-state index contributed by atoms with van der Waals surface area (Å²) < 4.78 is 25.9. The second-order valence-electron chi connectivity index (χ2n) is 7.49. The highest BCUT2D eigenvalue weighted by molar-refractivity contribution is 7.90. The van der Waals surface area contributed by atoms with E-state index in [4.69, 9.17) is 0 Å². The van der Waals surface area contributed by atoms with Gasteiger partial charge in [0.05, 0.1) is 10.6 Å². The van der Waals surface area contributed by atoms with Gasteiger partial charge in [-0.2, -0.15) is 0 Å². The van der Waals surface area contributed by atoms with Gasteiger partial charge in [-0.25, -0.2) is 8.42 Å². The number of hydrogen-bond donors (Lipinski definition) is 1. The topological polar surface area (TPSA) is 92.2 Å². The third kappa shape index (κ3) is 3.58. The molecule has 3 rings (SSSR count). The predicted molar refractivity (Wildman–Crippen MR) is 104 cm³/mol. The first-order chi connectivity index (χ1) is 12.5. The zero-order chi connectivity index (χ0) is 20.1. The standard InChI is InChI=1S/C19H25N3O4S/c1-11-14(18(23)16-12(2)20-22(4)19(16)24)8-9-15(27(5,25)26)17(11)21(3)10-13-6-7-13/h8-9,13,20H,6-7,10H2,1-5H3. The van der Waals surface area contributed by atoms with Crippen molar-refractivity contribution < 1.29 is 13.2 Å². The van der Waals surface area contributed by atoms with Crippen molar-refractivity contribution in [3.63, 3.8) is 0 Å². The molecule has 0 unspecified atom stereocenters. The molecule has 0 amide bonds. The van der Waals surface area contributed by atoms with Crippen molar-refractivity contribution in [1.29, 1.82) is 0 Å². The minimum Gasteiger partial charge on any atom is -0.373 e. The van der Waals surface area contributed by atoms with E-state index < -0.39 is 21.2 Å². The Labute approximate surface area is 158 Å². The Balaban J connectivity index is 2.17. The van der Waals surface area contributed by atoms with Gasteiger partial charge >= 0.3 is 0 Å². The molecule has 7 nitrogen and oxygen atoms in total. The van der Waals surface area contributed by atoms with Crippen LogP contribution < -0.4 is 10.5 Å². The average molecular weight is 391 g/mol. The van der Waals surface area contributed by atoms with Gasteiger partial charge < -0.3 is 4.90 Å². The number of anilines is 1. The van der Waals surface area contributed by atoms with Gasteiger partial charge in [0, 0.05) is 38.2 Å². The Kier molecular flexibility index (Phi) is 4.80. The van der Waals surface area contributed by atoms with E-state index in [0.717, 1.165) is 19.4 Å². The highest BCUT2D eigenvalue weighted by Crippen LogP contribution is 2.36. The lowest BCUT2D eigenvalue weighted by atomic mass is 9.97. The van der Waals surface area contributed by atoms with Crippen LogP contribution in [0.25, 0.3) is 0 Å². The van der Waals surface area contributed by atoms with Crippen LogP contribution in [0.1, 0.15) is 40.0 Å². The second-order valence-corrected chi connectivity index (χ2v) is 9.47. The Morgan fingerprint density at radius 1 is 1.30 bits per heavy atom. The second kappa shape index (κ2) is 6.67. The smallest absolute Gasteiger partial charge is 0.277 e. The summed E-state index contributed by atoms with van der Waals surface area (Å²) in [7, 11) is -0.0532. The van der Waals surface area contributed by atoms with Crippen LogP contribution in [-0.2, 0) is 16.9 Å². The van der Waals surface area contributed by atoms with E-state index in [9.17, 15) is 18.0 Å². The number of aromatic nitrogens is 2. The molecule has 1 aliphatic carbocycles. The van der Waals surface area contributed by atoms with Crippen molar-refractivity contribution in [3.05, 3.63) is 44.9 Å². The third-order valence-electron chi connectivity index (χ3n) is 5.10. The zero-order valence-electron chi connectivity index (χ0n) is 16.3. The summed E-state index contributed by atoms with van der Waals surface area (Å²) in [6.45, 7) is 4.16. The number of benzene rings is 1. The summed E-state index contributed by atoms with van der Waals surface area (Å²) in [6, 6.07) is 2.98. The fourth-order valence-corrected chi connectivity index (χ4v) is 4.54. The number of rotatable bonds is 6. The van der Waals surface area contributed by atoms with Crippen LogP contribution in [0.15, 0.2) is 21.8 Å². The van der Waals surface area contributed by atoms with E-state index >= 15 is 0 Å². The Bertz CT molecular complexity index is 1080. The molecule has 0 atom stereocenters. The van der Waals surface area contributed by atoms with E-state index in [1.807, 2.05) is 11.9 Å². The van der Waals surface area contributed by atoms with Crippen LogP contribution in [-0.4, -0.2) is 43.8 Å². The van der Waals surface area contributed by atoms with Crippen LogP contribution in [0.4, 0.5) is 5.69 Å². The number of aryl methyl sites for hydroxylation is 2. The molecule has 0 spiro atoms. The van der Waals surface area contributed by atoms with E-state index in [1.54, 1.807) is 20.9 Å². The number of ketones is 1. The number of H-pyrrole nitrogens is 1. The molecule has 0 aliphatic heterocycles. The van der Waals surface area contributed by atoms with Crippen molar-refractivity contribution in [2.75, 3.05) is 24.7 Å². The SMILES string of the molecule is Cc1[nH]n(C)c(=O)c1C(=O)c1ccc(S(C)(=O)=O)c(N(C)CC2CC2)c1C. The lowest BCUT2D eigenvalue weighted by Crippen LogP contribution is -2.25. The zero-order valence-corrected chi connectivity index (χ0v) is 17.1. The molecule has 0 saturated heterocycles. The van der Waals surface area contributed by atoms with Gasteiger partial charge in [0.2, 0.25) is 5.78 Å². The number of carbonyl (C=O) groups is 1. The van der Waals surface area contributed by atoms with Crippen molar-refractivity contribution >= 4 is 21.3 Å². The quantitative estimate of drug-likeness (QED) is 0.758. The van der Waals surface area contributed by atoms with Crippen LogP contribution in [0.2, 0.25) is 0 Å². The lowest BCUT2D eigenvalue weighted by molar-refractivity contribution is 0.103. The maximum Gasteiger partial charge on any atom is 0.277 e. The summed E-state index contributed by atoms with van der Waals surface area (Å²) >= 11 is 0. The van der Waals surface area contributed by atoms with Crippen LogP contribution >= 0.6 is 0 Å². The van der Waals surface area contributed by atoms with Crippen molar-refractivity contribution in [2.45, 2.75) is 31.6 Å². The molecular weight excluding hydrogens is 366 g/mol. The maximum atomic E-state index is 13.1. The molecule has 1 heterocycles. The van der Waals surface area contributed by atoms with Gasteiger partial charge in [-0.15, -0.1) is 0 Å². The van der Waals surface area contributed by atoms with Crippen molar-refractivity contribution in [2.24, 2.45) is 13.0 Å². The van der Waals surface area contributed by atoms with Crippen LogP contribution in [0, 0.1) is 19.8 Å². The first-order valence-corrected chi connectivity index (χ1v) is 10.8. The molecule has 1 aromatic carbocycles. The molecule has 1 aliphatic rings. The monoisotopic (exact) mass is 391 g/mol. The molecular formula is C19H25N3O4S. The first kappa shape index (κ1) is 19.4. The fourth-order valence-electron chi connectivity index (χ4n) is 3.56. The van der Waals surface area contributed by atoms with Crippen LogP contribution in [0.3, 0.4) is 0 Å². The van der Waals surface area contributed by atoms with E-state index in [1.165, 1.54) is 23.1 Å². The highest BCUT2D eigenvalue weighted by Gasteiger charge is 2.29. The molecule has 0 bridgehead atoms. The van der Waals surface area contributed by atoms with E-state index in [0.29, 0.717) is 28.4 Å². The molecule has 146 valence electrons. The fraction of sp³-hybridized carbons (Fsp3) is 0.474. The number of hydrogen-bond acceptors (Lipinski definition) is 5. The number of carbonyl (C=O) groups excluding carboxylic acids is 1. The van der Waals surface area contributed by atoms with Gasteiger partial charge in [0.1, 0.15) is 5.56 Å². The Morgan fingerprint density at radius 3 is 2.41 bits per heavy atom. The largest absolute Gasteiger partial charge is 0.373 e.